The summed E-state index contributed by atoms with van der Waals surface area (Å²) in [7, 11) is 0. The molecule has 44 heavy (non-hydrogen) atoms. The van der Waals surface area contributed by atoms with E-state index in [0.29, 0.717) is 12.2 Å². The van der Waals surface area contributed by atoms with Crippen molar-refractivity contribution in [3.8, 4) is 5.75 Å². The number of hydrogen-bond donors (Lipinski definition) is 4. The molecule has 3 aromatic rings. The Kier molecular flexibility index (Phi) is 10.1. The highest BCUT2D eigenvalue weighted by molar-refractivity contribution is 5.93. The van der Waals surface area contributed by atoms with Crippen LogP contribution < -0.4 is 20.9 Å². The predicted molar refractivity (Wildman–Crippen MR) is 179 cm³/mol. The highest BCUT2D eigenvalue weighted by Gasteiger charge is 2.37. The molecule has 1 saturated heterocycles. The molecule has 1 aliphatic rings. The first-order valence-electron chi connectivity index (χ1n) is 15.6. The fourth-order valence-corrected chi connectivity index (χ4v) is 5.88. The van der Waals surface area contributed by atoms with Gasteiger partial charge in [0, 0.05) is 42.1 Å². The first-order valence-corrected chi connectivity index (χ1v) is 15.6. The third-order valence-electron chi connectivity index (χ3n) is 8.21. The number of para-hydroxylation sites is 1. The molecule has 4 rings (SSSR count). The predicted octanol–water partition coefficient (Wildman–Crippen LogP) is 8.35. The molecule has 1 aliphatic heterocycles. The van der Waals surface area contributed by atoms with Gasteiger partial charge in [0.05, 0.1) is 0 Å². The monoisotopic (exact) mass is 600 g/mol. The summed E-state index contributed by atoms with van der Waals surface area (Å²) >= 11 is 0. The zero-order chi connectivity index (χ0) is 32.1. The van der Waals surface area contributed by atoms with Crippen LogP contribution in [0.3, 0.4) is 0 Å². The number of nitrogens with one attached hydrogen (secondary N) is 3. The van der Waals surface area contributed by atoms with E-state index in [4.69, 9.17) is 4.74 Å². The molecule has 0 unspecified atom stereocenters. The van der Waals surface area contributed by atoms with Gasteiger partial charge in [-0.1, -0.05) is 58.0 Å². The van der Waals surface area contributed by atoms with E-state index in [1.807, 2.05) is 57.2 Å². The number of phenols is 1. The second kappa shape index (κ2) is 13.6. The van der Waals surface area contributed by atoms with Gasteiger partial charge in [-0.3, -0.25) is 5.32 Å². The molecule has 3 amide bonds. The molecule has 236 valence electrons. The number of carbonyl (C=O) groups is 2. The van der Waals surface area contributed by atoms with Gasteiger partial charge in [-0.05, 0) is 98.5 Å². The standard InChI is InChI=1S/C36H48N4O4/c1-24(2)30-21-27(38-34(43)44-35(5,6)7)22-31(25(3)4)32(30)39-33(42)37-23-36(26-12-11-15-29(41)20-26)16-18-40(19-17-36)28-13-9-8-10-14-28/h8-15,20-22,24-25,41H,16-19,23H2,1-7H3,(H,38,43)(H2,37,39,42). The van der Waals surface area contributed by atoms with Crippen molar-refractivity contribution in [1.82, 2.24) is 5.32 Å². The quantitative estimate of drug-likeness (QED) is 0.208. The first-order chi connectivity index (χ1) is 20.8. The third kappa shape index (κ3) is 8.24. The maximum Gasteiger partial charge on any atom is 0.412 e. The summed E-state index contributed by atoms with van der Waals surface area (Å²) in [5, 5.41) is 19.5. The lowest BCUT2D eigenvalue weighted by Gasteiger charge is -2.43. The van der Waals surface area contributed by atoms with Crippen LogP contribution in [-0.2, 0) is 10.2 Å². The number of ether oxygens (including phenoxy) is 1. The van der Waals surface area contributed by atoms with Gasteiger partial charge in [0.25, 0.3) is 0 Å². The number of urea groups is 1. The number of rotatable bonds is 8. The number of piperidine rings is 1. The van der Waals surface area contributed by atoms with E-state index in [1.54, 1.807) is 6.07 Å². The Morgan fingerprint density at radius 2 is 1.50 bits per heavy atom. The number of nitrogens with zero attached hydrogens (tertiary/aromatic N) is 1. The van der Waals surface area contributed by atoms with Crippen molar-refractivity contribution in [2.24, 2.45) is 0 Å². The van der Waals surface area contributed by atoms with Crippen LogP contribution in [0.5, 0.6) is 5.75 Å². The lowest BCUT2D eigenvalue weighted by molar-refractivity contribution is 0.0636. The van der Waals surface area contributed by atoms with Gasteiger partial charge in [-0.2, -0.15) is 0 Å². The molecule has 8 heteroatoms. The molecular weight excluding hydrogens is 552 g/mol. The Morgan fingerprint density at radius 1 is 0.886 bits per heavy atom. The normalized spacial score (nSPS) is 14.8. The summed E-state index contributed by atoms with van der Waals surface area (Å²) in [5.41, 5.74) is 4.51. The van der Waals surface area contributed by atoms with Crippen molar-refractivity contribution in [3.05, 3.63) is 83.4 Å². The van der Waals surface area contributed by atoms with Crippen LogP contribution in [0.1, 0.15) is 89.8 Å². The Labute approximate surface area is 262 Å². The van der Waals surface area contributed by atoms with Crippen LogP contribution in [0.4, 0.5) is 26.7 Å². The van der Waals surface area contributed by atoms with E-state index >= 15 is 0 Å². The molecule has 1 heterocycles. The SMILES string of the molecule is CC(C)c1cc(NC(=O)OC(C)(C)C)cc(C(C)C)c1NC(=O)NCC1(c2cccc(O)c2)CCN(c2ccccc2)CC1. The molecular formula is C36H48N4O4. The van der Waals surface area contributed by atoms with E-state index in [0.717, 1.165) is 48.3 Å². The Morgan fingerprint density at radius 3 is 2.05 bits per heavy atom. The van der Waals surface area contributed by atoms with E-state index in [-0.39, 0.29) is 29.0 Å². The number of amides is 3. The average molecular weight is 601 g/mol. The largest absolute Gasteiger partial charge is 0.508 e. The molecule has 0 saturated carbocycles. The minimum absolute atomic E-state index is 0.0872. The molecule has 8 nitrogen and oxygen atoms in total. The summed E-state index contributed by atoms with van der Waals surface area (Å²) in [6.07, 6.45) is 1.13. The number of anilines is 3. The van der Waals surface area contributed by atoms with Crippen LogP contribution in [0.15, 0.2) is 66.7 Å². The molecule has 1 fully saturated rings. The zero-order valence-corrected chi connectivity index (χ0v) is 27.2. The topological polar surface area (TPSA) is 103 Å². The van der Waals surface area contributed by atoms with Crippen molar-refractivity contribution in [2.45, 2.75) is 84.2 Å². The molecule has 0 aliphatic carbocycles. The second-order valence-corrected chi connectivity index (χ2v) is 13.4. The molecule has 0 atom stereocenters. The molecule has 0 aromatic heterocycles. The smallest absolute Gasteiger partial charge is 0.412 e. The van der Waals surface area contributed by atoms with Crippen LogP contribution in [-0.4, -0.2) is 42.5 Å². The summed E-state index contributed by atoms with van der Waals surface area (Å²) in [6.45, 7) is 15.9. The summed E-state index contributed by atoms with van der Waals surface area (Å²) < 4.78 is 5.46. The van der Waals surface area contributed by atoms with Crippen molar-refractivity contribution in [3.63, 3.8) is 0 Å². The van der Waals surface area contributed by atoms with E-state index in [2.05, 4.69) is 72.8 Å². The molecule has 0 radical (unpaired) electrons. The number of phenolic OH excluding ortho intramolecular Hbond substituents is 1. The molecule has 0 spiro atoms. The highest BCUT2D eigenvalue weighted by Crippen LogP contribution is 2.39. The molecule has 4 N–H and O–H groups in total. The van der Waals surface area contributed by atoms with Gasteiger partial charge < -0.3 is 25.4 Å². The molecule has 0 bridgehead atoms. The van der Waals surface area contributed by atoms with Gasteiger partial charge in [0.15, 0.2) is 0 Å². The third-order valence-corrected chi connectivity index (χ3v) is 8.21. The van der Waals surface area contributed by atoms with E-state index in [1.165, 1.54) is 5.69 Å². The minimum atomic E-state index is -0.612. The Balaban J connectivity index is 1.55. The first kappa shape index (κ1) is 32.7. The van der Waals surface area contributed by atoms with Crippen molar-refractivity contribution in [1.29, 1.82) is 0 Å². The van der Waals surface area contributed by atoms with Crippen molar-refractivity contribution in [2.75, 3.05) is 35.2 Å². The Hall–Kier alpha value is -4.20. The van der Waals surface area contributed by atoms with E-state index < -0.39 is 11.7 Å². The van der Waals surface area contributed by atoms with Gasteiger partial charge in [0.1, 0.15) is 11.4 Å². The zero-order valence-electron chi connectivity index (χ0n) is 27.2. The van der Waals surface area contributed by atoms with Gasteiger partial charge in [-0.15, -0.1) is 0 Å². The fraction of sp³-hybridized carbons (Fsp3) is 0.444. The summed E-state index contributed by atoms with van der Waals surface area (Å²) in [5.74, 6) is 0.397. The van der Waals surface area contributed by atoms with Crippen LogP contribution in [0.25, 0.3) is 0 Å². The average Bonchev–Trinajstić information content (AvgIpc) is 2.96. The van der Waals surface area contributed by atoms with Crippen LogP contribution >= 0.6 is 0 Å². The molecule has 3 aromatic carbocycles. The van der Waals surface area contributed by atoms with Gasteiger partial charge in [0.2, 0.25) is 0 Å². The number of carbonyl (C=O) groups excluding carboxylic acids is 2. The van der Waals surface area contributed by atoms with Crippen molar-refractivity contribution >= 4 is 29.2 Å². The minimum Gasteiger partial charge on any atom is -0.508 e. The fourth-order valence-electron chi connectivity index (χ4n) is 5.88. The highest BCUT2D eigenvalue weighted by atomic mass is 16.6. The number of aromatic hydroxyl groups is 1. The summed E-state index contributed by atoms with van der Waals surface area (Å²) in [6, 6.07) is 21.3. The lowest BCUT2D eigenvalue weighted by atomic mass is 9.72. The Bertz CT molecular complexity index is 1410. The van der Waals surface area contributed by atoms with Crippen LogP contribution in [0, 0.1) is 0 Å². The van der Waals surface area contributed by atoms with E-state index in [9.17, 15) is 14.7 Å². The summed E-state index contributed by atoms with van der Waals surface area (Å²) in [4.78, 5) is 28.5. The maximum atomic E-state index is 13.6. The van der Waals surface area contributed by atoms with Gasteiger partial charge >= 0.3 is 12.1 Å². The van der Waals surface area contributed by atoms with Crippen LogP contribution in [0.2, 0.25) is 0 Å². The van der Waals surface area contributed by atoms with Gasteiger partial charge in [-0.25, -0.2) is 9.59 Å². The lowest BCUT2D eigenvalue weighted by Crippen LogP contribution is -2.49. The number of benzene rings is 3. The van der Waals surface area contributed by atoms with Crippen molar-refractivity contribution < 1.29 is 19.4 Å². The second-order valence-electron chi connectivity index (χ2n) is 13.4. The maximum absolute atomic E-state index is 13.6. The number of hydrogen-bond acceptors (Lipinski definition) is 5.